The van der Waals surface area contributed by atoms with Gasteiger partial charge in [-0.05, 0) is 43.3 Å². The fourth-order valence-electron chi connectivity index (χ4n) is 3.81. The minimum atomic E-state index is -0.288. The molecule has 0 atom stereocenters. The van der Waals surface area contributed by atoms with Gasteiger partial charge in [0.1, 0.15) is 23.7 Å². The molecule has 34 heavy (non-hydrogen) atoms. The van der Waals surface area contributed by atoms with E-state index in [0.717, 1.165) is 37.6 Å². The van der Waals surface area contributed by atoms with E-state index in [1.54, 1.807) is 20.0 Å². The van der Waals surface area contributed by atoms with Crippen molar-refractivity contribution in [1.82, 2.24) is 14.9 Å². The van der Waals surface area contributed by atoms with Crippen LogP contribution >= 0.6 is 0 Å². The van der Waals surface area contributed by atoms with Crippen molar-refractivity contribution in [1.29, 1.82) is 0 Å². The van der Waals surface area contributed by atoms with Crippen LogP contribution < -0.4 is 20.4 Å². The number of anilines is 5. The largest absolute Gasteiger partial charge is 0.369 e. The Bertz CT molecular complexity index is 1110. The lowest BCUT2D eigenvalue weighted by molar-refractivity contribution is -0.118. The first-order chi connectivity index (χ1) is 16.5. The van der Waals surface area contributed by atoms with E-state index in [-0.39, 0.29) is 11.8 Å². The number of hydrogen-bond donors (Lipinski definition) is 2. The smallest absolute Gasteiger partial charge is 0.327 e. The summed E-state index contributed by atoms with van der Waals surface area (Å²) in [4.78, 5) is 38.3. The molecule has 0 spiro atoms. The number of benzene rings is 2. The molecule has 1 aromatic heterocycles. The molecule has 2 heterocycles. The van der Waals surface area contributed by atoms with Gasteiger partial charge in [-0.2, -0.15) is 0 Å². The molecule has 0 radical (unpaired) electrons. The van der Waals surface area contributed by atoms with Gasteiger partial charge in [0.2, 0.25) is 0 Å². The number of Topliss-reactive ketones (excluding diaryl/α,β-unsaturated/α-hetero) is 1. The van der Waals surface area contributed by atoms with Crippen LogP contribution in [0.4, 0.5) is 33.5 Å². The molecule has 1 saturated heterocycles. The summed E-state index contributed by atoms with van der Waals surface area (Å²) >= 11 is 0. The maximum atomic E-state index is 12.6. The Morgan fingerprint density at radius 2 is 1.65 bits per heavy atom. The Balaban J connectivity index is 1.35. The monoisotopic (exact) mass is 459 g/mol. The number of hydrogen-bond acceptors (Lipinski definition) is 7. The van der Waals surface area contributed by atoms with Gasteiger partial charge in [-0.25, -0.2) is 14.8 Å². The Labute approximate surface area is 199 Å². The van der Waals surface area contributed by atoms with Crippen molar-refractivity contribution in [2.45, 2.75) is 6.92 Å². The first kappa shape index (κ1) is 23.2. The van der Waals surface area contributed by atoms with Crippen LogP contribution in [0.25, 0.3) is 0 Å². The van der Waals surface area contributed by atoms with E-state index in [1.165, 1.54) is 11.2 Å². The highest BCUT2D eigenvalue weighted by Gasteiger charge is 2.18. The fraction of sp³-hybridized carbons (Fsp3) is 0.280. The van der Waals surface area contributed by atoms with Gasteiger partial charge >= 0.3 is 6.03 Å². The highest BCUT2D eigenvalue weighted by Crippen LogP contribution is 2.23. The zero-order valence-electron chi connectivity index (χ0n) is 19.4. The van der Waals surface area contributed by atoms with Crippen molar-refractivity contribution in [3.63, 3.8) is 0 Å². The van der Waals surface area contributed by atoms with Crippen molar-refractivity contribution >= 4 is 40.5 Å². The van der Waals surface area contributed by atoms with E-state index in [9.17, 15) is 9.59 Å². The first-order valence-corrected chi connectivity index (χ1v) is 11.2. The molecule has 9 nitrogen and oxygen atoms in total. The van der Waals surface area contributed by atoms with E-state index in [4.69, 9.17) is 0 Å². The average molecular weight is 460 g/mol. The number of rotatable bonds is 7. The summed E-state index contributed by atoms with van der Waals surface area (Å²) in [7, 11) is 1.66. The standard InChI is InChI=1S/C25H29N7O2/c1-19(33)17-31-12-14-32(15-13-31)22-10-8-21(9-11-22)28-23-16-24(27-18-26-23)30(2)25(34)29-20-6-4-3-5-7-20/h3-11,16,18H,12-15,17H2,1-2H3,(H,29,34)(H,26,27,28). The number of piperazine rings is 1. The second-order valence-electron chi connectivity index (χ2n) is 8.25. The molecule has 4 rings (SSSR count). The van der Waals surface area contributed by atoms with Crippen LogP contribution in [0.15, 0.2) is 67.0 Å². The Kier molecular flexibility index (Phi) is 7.34. The molecule has 1 fully saturated rings. The van der Waals surface area contributed by atoms with E-state index < -0.39 is 0 Å². The topological polar surface area (TPSA) is 93.7 Å². The minimum absolute atomic E-state index is 0.208. The summed E-state index contributed by atoms with van der Waals surface area (Å²) in [6, 6.07) is 18.9. The molecular weight excluding hydrogens is 430 g/mol. The summed E-state index contributed by atoms with van der Waals surface area (Å²) in [6.07, 6.45) is 1.43. The molecule has 1 aliphatic heterocycles. The maximum absolute atomic E-state index is 12.6. The van der Waals surface area contributed by atoms with Crippen molar-refractivity contribution in [2.24, 2.45) is 0 Å². The lowest BCUT2D eigenvalue weighted by atomic mass is 10.2. The predicted octanol–water partition coefficient (Wildman–Crippen LogP) is 3.60. The van der Waals surface area contributed by atoms with E-state index in [0.29, 0.717) is 23.9 Å². The normalized spacial score (nSPS) is 13.9. The second kappa shape index (κ2) is 10.8. The first-order valence-electron chi connectivity index (χ1n) is 11.2. The van der Waals surface area contributed by atoms with Crippen molar-refractivity contribution in [3.05, 3.63) is 67.0 Å². The second-order valence-corrected chi connectivity index (χ2v) is 8.25. The third-order valence-electron chi connectivity index (χ3n) is 5.65. The number of para-hydroxylation sites is 1. The zero-order chi connectivity index (χ0) is 23.9. The fourth-order valence-corrected chi connectivity index (χ4v) is 3.81. The Hall–Kier alpha value is -3.98. The molecular formula is C25H29N7O2. The number of aromatic nitrogens is 2. The summed E-state index contributed by atoms with van der Waals surface area (Å²) < 4.78 is 0. The average Bonchev–Trinajstić information content (AvgIpc) is 2.85. The van der Waals surface area contributed by atoms with Crippen LogP contribution in [-0.4, -0.2) is 66.5 Å². The SMILES string of the molecule is CC(=O)CN1CCN(c2ccc(Nc3cc(N(C)C(=O)Nc4ccccc4)ncn3)cc2)CC1. The van der Waals surface area contributed by atoms with Gasteiger partial charge in [-0.15, -0.1) is 0 Å². The summed E-state index contributed by atoms with van der Waals surface area (Å²) in [5, 5.41) is 6.11. The highest BCUT2D eigenvalue weighted by molar-refractivity contribution is 6.00. The van der Waals surface area contributed by atoms with Crippen LogP contribution in [-0.2, 0) is 4.79 Å². The molecule has 9 heteroatoms. The van der Waals surface area contributed by atoms with Crippen LogP contribution in [0.3, 0.4) is 0 Å². The van der Waals surface area contributed by atoms with Gasteiger partial charge < -0.3 is 15.5 Å². The number of carbonyl (C=O) groups is 2. The van der Waals surface area contributed by atoms with Crippen LogP contribution in [0, 0.1) is 0 Å². The van der Waals surface area contributed by atoms with E-state index in [1.807, 2.05) is 42.5 Å². The van der Waals surface area contributed by atoms with E-state index in [2.05, 4.69) is 42.5 Å². The van der Waals surface area contributed by atoms with Gasteiger partial charge in [0.05, 0.1) is 6.54 Å². The Morgan fingerprint density at radius 3 is 2.32 bits per heavy atom. The third kappa shape index (κ3) is 6.08. The van der Waals surface area contributed by atoms with Gasteiger partial charge in [0.25, 0.3) is 0 Å². The van der Waals surface area contributed by atoms with E-state index >= 15 is 0 Å². The van der Waals surface area contributed by atoms with Crippen LogP contribution in [0.1, 0.15) is 6.92 Å². The quantitative estimate of drug-likeness (QED) is 0.558. The molecule has 1 aliphatic rings. The molecule has 0 bridgehead atoms. The molecule has 2 amide bonds. The molecule has 176 valence electrons. The summed E-state index contributed by atoms with van der Waals surface area (Å²) in [5.74, 6) is 1.28. The van der Waals surface area contributed by atoms with Gasteiger partial charge in [-0.3, -0.25) is 14.6 Å². The molecule has 0 aliphatic carbocycles. The molecule has 0 saturated carbocycles. The van der Waals surface area contributed by atoms with Crippen molar-refractivity contribution in [3.8, 4) is 0 Å². The van der Waals surface area contributed by atoms with Crippen LogP contribution in [0.5, 0.6) is 0 Å². The lowest BCUT2D eigenvalue weighted by Gasteiger charge is -2.35. The molecule has 2 aromatic carbocycles. The van der Waals surface area contributed by atoms with Gasteiger partial charge in [0.15, 0.2) is 0 Å². The maximum Gasteiger partial charge on any atom is 0.327 e. The van der Waals surface area contributed by atoms with Gasteiger partial charge in [-0.1, -0.05) is 18.2 Å². The Morgan fingerprint density at radius 1 is 0.941 bits per heavy atom. The molecule has 3 aromatic rings. The zero-order valence-corrected chi connectivity index (χ0v) is 19.4. The number of carbonyl (C=O) groups excluding carboxylic acids is 2. The molecule has 0 unspecified atom stereocenters. The highest BCUT2D eigenvalue weighted by atomic mass is 16.2. The number of ketones is 1. The predicted molar refractivity (Wildman–Crippen MR) is 135 cm³/mol. The summed E-state index contributed by atoms with van der Waals surface area (Å²) in [5.41, 5.74) is 2.75. The number of amides is 2. The van der Waals surface area contributed by atoms with Crippen molar-refractivity contribution < 1.29 is 9.59 Å². The minimum Gasteiger partial charge on any atom is -0.369 e. The lowest BCUT2D eigenvalue weighted by Crippen LogP contribution is -2.47. The van der Waals surface area contributed by atoms with Crippen LogP contribution in [0.2, 0.25) is 0 Å². The number of urea groups is 1. The molecule has 2 N–H and O–H groups in total. The van der Waals surface area contributed by atoms with Crippen molar-refractivity contribution in [2.75, 3.05) is 60.2 Å². The summed E-state index contributed by atoms with van der Waals surface area (Å²) in [6.45, 7) is 5.72. The number of nitrogens with one attached hydrogen (secondary N) is 2. The third-order valence-corrected chi connectivity index (χ3v) is 5.65. The van der Waals surface area contributed by atoms with Gasteiger partial charge in [0, 0.05) is 56.4 Å². The number of nitrogens with zero attached hydrogens (tertiary/aromatic N) is 5.